The van der Waals surface area contributed by atoms with E-state index in [1.807, 2.05) is 19.0 Å². The molecule has 0 bridgehead atoms. The number of hydrogen-bond acceptors (Lipinski definition) is 4. The zero-order valence-electron chi connectivity index (χ0n) is 10.6. The molecule has 0 radical (unpaired) electrons. The molecule has 0 saturated carbocycles. The number of terminal acetylenes is 1. The van der Waals surface area contributed by atoms with Crippen LogP contribution < -0.4 is 10.9 Å². The first-order valence-electron chi connectivity index (χ1n) is 5.64. The summed E-state index contributed by atoms with van der Waals surface area (Å²) in [5, 5.41) is 7.21. The number of nitrogens with one attached hydrogen (secondary N) is 1. The first-order chi connectivity index (χ1) is 8.56. The molecule has 0 saturated heterocycles. The smallest absolute Gasteiger partial charge is 0.287 e. The van der Waals surface area contributed by atoms with E-state index in [0.29, 0.717) is 25.2 Å². The summed E-state index contributed by atoms with van der Waals surface area (Å²) in [6.45, 7) is 1.81. The number of rotatable bonds is 6. The van der Waals surface area contributed by atoms with Crippen molar-refractivity contribution in [2.45, 2.75) is 13.0 Å². The summed E-state index contributed by atoms with van der Waals surface area (Å²) < 4.78 is 1.36. The third kappa shape index (κ3) is 4.06. The number of likely N-dealkylation sites (N-methyl/N-ethyl adjacent to an activating group) is 1. The maximum Gasteiger partial charge on any atom is 0.287 e. The fourth-order valence-corrected chi connectivity index (χ4v) is 1.52. The van der Waals surface area contributed by atoms with Gasteiger partial charge in [-0.2, -0.15) is 5.10 Å². The summed E-state index contributed by atoms with van der Waals surface area (Å²) in [7, 11) is 3.87. The third-order valence-corrected chi connectivity index (χ3v) is 2.69. The normalized spacial score (nSPS) is 10.4. The number of anilines is 1. The Morgan fingerprint density at radius 3 is 2.94 bits per heavy atom. The van der Waals surface area contributed by atoms with Crippen LogP contribution in [0.4, 0.5) is 5.69 Å². The largest absolute Gasteiger partial charge is 0.381 e. The summed E-state index contributed by atoms with van der Waals surface area (Å²) in [6, 6.07) is 0. The average Bonchev–Trinajstić information content (AvgIpc) is 2.33. The maximum atomic E-state index is 11.9. The Kier molecular flexibility index (Phi) is 5.69. The van der Waals surface area contributed by atoms with Crippen LogP contribution in [0.5, 0.6) is 0 Å². The van der Waals surface area contributed by atoms with Crippen molar-refractivity contribution in [1.29, 1.82) is 0 Å². The zero-order valence-corrected chi connectivity index (χ0v) is 11.4. The van der Waals surface area contributed by atoms with Crippen molar-refractivity contribution in [2.75, 3.05) is 32.5 Å². The highest BCUT2D eigenvalue weighted by molar-refractivity contribution is 6.32. The van der Waals surface area contributed by atoms with E-state index < -0.39 is 0 Å². The lowest BCUT2D eigenvalue weighted by molar-refractivity contribution is 0.367. The molecule has 0 fully saturated rings. The number of aromatic nitrogens is 2. The van der Waals surface area contributed by atoms with Crippen LogP contribution in [0.3, 0.4) is 0 Å². The second-order valence-corrected chi connectivity index (χ2v) is 4.46. The van der Waals surface area contributed by atoms with Gasteiger partial charge in [0.25, 0.3) is 5.56 Å². The maximum absolute atomic E-state index is 11.9. The van der Waals surface area contributed by atoms with Gasteiger partial charge in [0.15, 0.2) is 0 Å². The van der Waals surface area contributed by atoms with Crippen LogP contribution in [-0.2, 0) is 6.54 Å². The molecule has 5 nitrogen and oxygen atoms in total. The molecule has 1 aromatic rings. The molecule has 6 heteroatoms. The van der Waals surface area contributed by atoms with Gasteiger partial charge < -0.3 is 10.2 Å². The van der Waals surface area contributed by atoms with E-state index in [2.05, 4.69) is 16.3 Å². The summed E-state index contributed by atoms with van der Waals surface area (Å²) in [4.78, 5) is 13.9. The Morgan fingerprint density at radius 2 is 2.33 bits per heavy atom. The van der Waals surface area contributed by atoms with Gasteiger partial charge in [0.05, 0.1) is 18.4 Å². The number of hydrogen-bond donors (Lipinski definition) is 1. The molecule has 0 aliphatic carbocycles. The molecule has 0 spiro atoms. The minimum atomic E-state index is -0.288. The fraction of sp³-hybridized carbons (Fsp3) is 0.500. The van der Waals surface area contributed by atoms with Crippen LogP contribution in [0.15, 0.2) is 11.0 Å². The summed E-state index contributed by atoms with van der Waals surface area (Å²) in [5.74, 6) is 2.50. The van der Waals surface area contributed by atoms with E-state index in [-0.39, 0.29) is 10.6 Å². The molecule has 0 atom stereocenters. The lowest BCUT2D eigenvalue weighted by Crippen LogP contribution is -2.29. The SMILES string of the molecule is C#CCCNc1cnn(CCN(C)C)c(=O)c1Cl. The van der Waals surface area contributed by atoms with Crippen LogP contribution >= 0.6 is 11.6 Å². The topological polar surface area (TPSA) is 50.2 Å². The van der Waals surface area contributed by atoms with Crippen LogP contribution in [0.1, 0.15) is 6.42 Å². The molecule has 0 aliphatic rings. The Balaban J connectivity index is 2.78. The van der Waals surface area contributed by atoms with Crippen molar-refractivity contribution in [3.8, 4) is 12.3 Å². The van der Waals surface area contributed by atoms with E-state index in [1.54, 1.807) is 6.20 Å². The third-order valence-electron chi connectivity index (χ3n) is 2.33. The van der Waals surface area contributed by atoms with Crippen LogP contribution in [0.2, 0.25) is 5.02 Å². The molecular weight excluding hydrogens is 252 g/mol. The first kappa shape index (κ1) is 14.6. The van der Waals surface area contributed by atoms with E-state index in [9.17, 15) is 4.79 Å². The molecule has 0 unspecified atom stereocenters. The van der Waals surface area contributed by atoms with E-state index in [1.165, 1.54) is 4.68 Å². The van der Waals surface area contributed by atoms with Gasteiger partial charge in [-0.25, -0.2) is 4.68 Å². The second-order valence-electron chi connectivity index (χ2n) is 4.08. The highest BCUT2D eigenvalue weighted by Crippen LogP contribution is 2.14. The van der Waals surface area contributed by atoms with Crippen LogP contribution in [0.25, 0.3) is 0 Å². The van der Waals surface area contributed by atoms with Crippen molar-refractivity contribution in [1.82, 2.24) is 14.7 Å². The Hall–Kier alpha value is -1.51. The first-order valence-corrected chi connectivity index (χ1v) is 6.01. The molecule has 0 amide bonds. The number of halogens is 1. The van der Waals surface area contributed by atoms with Crippen molar-refractivity contribution in [3.05, 3.63) is 21.6 Å². The van der Waals surface area contributed by atoms with Gasteiger partial charge in [-0.15, -0.1) is 12.3 Å². The van der Waals surface area contributed by atoms with Crippen molar-refractivity contribution in [2.24, 2.45) is 0 Å². The van der Waals surface area contributed by atoms with Gasteiger partial charge >= 0.3 is 0 Å². The number of nitrogens with zero attached hydrogens (tertiary/aromatic N) is 3. The minimum Gasteiger partial charge on any atom is -0.381 e. The predicted molar refractivity (Wildman–Crippen MR) is 74.0 cm³/mol. The molecule has 0 aliphatic heterocycles. The molecule has 18 heavy (non-hydrogen) atoms. The van der Waals surface area contributed by atoms with Gasteiger partial charge in [0.1, 0.15) is 5.02 Å². The summed E-state index contributed by atoms with van der Waals surface area (Å²) >= 11 is 5.99. The summed E-state index contributed by atoms with van der Waals surface area (Å²) in [5.41, 5.74) is 0.238. The van der Waals surface area contributed by atoms with E-state index in [0.717, 1.165) is 6.54 Å². The summed E-state index contributed by atoms with van der Waals surface area (Å²) in [6.07, 6.45) is 7.26. The minimum absolute atomic E-state index is 0.153. The molecule has 1 N–H and O–H groups in total. The van der Waals surface area contributed by atoms with Crippen molar-refractivity contribution in [3.63, 3.8) is 0 Å². The van der Waals surface area contributed by atoms with E-state index in [4.69, 9.17) is 18.0 Å². The van der Waals surface area contributed by atoms with Crippen LogP contribution in [-0.4, -0.2) is 41.9 Å². The van der Waals surface area contributed by atoms with Gasteiger partial charge in [-0.1, -0.05) is 11.6 Å². The van der Waals surface area contributed by atoms with Crippen LogP contribution in [0, 0.1) is 12.3 Å². The van der Waals surface area contributed by atoms with Crippen molar-refractivity contribution < 1.29 is 0 Å². The molecule has 0 aromatic carbocycles. The molecule has 98 valence electrons. The standard InChI is InChI=1S/C12H17ClN4O/c1-4-5-6-14-10-9-15-17(8-7-16(2)3)12(18)11(10)13/h1,9,14H,5-8H2,2-3H3. The molecule has 1 aromatic heterocycles. The Morgan fingerprint density at radius 1 is 1.61 bits per heavy atom. The average molecular weight is 269 g/mol. The zero-order chi connectivity index (χ0) is 13.5. The monoisotopic (exact) mass is 268 g/mol. The molecular formula is C12H17ClN4O. The lowest BCUT2D eigenvalue weighted by Gasteiger charge is -2.12. The molecule has 1 heterocycles. The fourth-order valence-electron chi connectivity index (χ4n) is 1.31. The van der Waals surface area contributed by atoms with E-state index >= 15 is 0 Å². The van der Waals surface area contributed by atoms with Crippen molar-refractivity contribution >= 4 is 17.3 Å². The van der Waals surface area contributed by atoms with Gasteiger partial charge in [-0.05, 0) is 14.1 Å². The van der Waals surface area contributed by atoms with Gasteiger partial charge in [-0.3, -0.25) is 4.79 Å². The second kappa shape index (κ2) is 7.04. The highest BCUT2D eigenvalue weighted by Gasteiger charge is 2.08. The molecule has 1 rings (SSSR count). The quantitative estimate of drug-likeness (QED) is 0.615. The Bertz CT molecular complexity index is 490. The highest BCUT2D eigenvalue weighted by atomic mass is 35.5. The Labute approximate surface area is 112 Å². The van der Waals surface area contributed by atoms with Gasteiger partial charge in [0.2, 0.25) is 0 Å². The lowest BCUT2D eigenvalue weighted by atomic mass is 10.4. The van der Waals surface area contributed by atoms with Gasteiger partial charge in [0, 0.05) is 19.5 Å². The predicted octanol–water partition coefficient (Wildman–Crippen LogP) is 0.893.